The van der Waals surface area contributed by atoms with E-state index in [9.17, 15) is 15.3 Å². The summed E-state index contributed by atoms with van der Waals surface area (Å²) >= 11 is 6.38. The Balaban J connectivity index is 1.70. The van der Waals surface area contributed by atoms with Crippen molar-refractivity contribution >= 4 is 11.6 Å². The van der Waals surface area contributed by atoms with Crippen LogP contribution < -0.4 is 10.1 Å². The summed E-state index contributed by atoms with van der Waals surface area (Å²) in [7, 11) is 0. The maximum Gasteiger partial charge on any atom is 0.119 e. The third-order valence-electron chi connectivity index (χ3n) is 4.94. The van der Waals surface area contributed by atoms with Crippen LogP contribution in [0.3, 0.4) is 0 Å². The molecule has 6 heteroatoms. The highest BCUT2D eigenvalue weighted by Gasteiger charge is 2.36. The first-order valence-corrected chi connectivity index (χ1v) is 9.62. The maximum absolute atomic E-state index is 10.2. The Morgan fingerprint density at radius 1 is 1.04 bits per heavy atom. The third-order valence-corrected chi connectivity index (χ3v) is 5.31. The van der Waals surface area contributed by atoms with Gasteiger partial charge in [0.1, 0.15) is 11.9 Å². The van der Waals surface area contributed by atoms with Gasteiger partial charge in [0, 0.05) is 17.6 Å². The van der Waals surface area contributed by atoms with Crippen LogP contribution in [-0.2, 0) is 12.8 Å². The van der Waals surface area contributed by atoms with Crippen molar-refractivity contribution in [1.29, 1.82) is 0 Å². The first-order chi connectivity index (χ1) is 13.0. The lowest BCUT2D eigenvalue weighted by Gasteiger charge is -2.36. The van der Waals surface area contributed by atoms with Crippen LogP contribution in [0.5, 0.6) is 5.75 Å². The van der Waals surface area contributed by atoms with E-state index in [1.807, 2.05) is 49.4 Å². The first kappa shape index (κ1) is 20.1. The van der Waals surface area contributed by atoms with Crippen LogP contribution in [0.4, 0.5) is 0 Å². The van der Waals surface area contributed by atoms with Gasteiger partial charge < -0.3 is 25.4 Å². The maximum atomic E-state index is 10.2. The molecule has 0 aromatic heterocycles. The second-order valence-corrected chi connectivity index (χ2v) is 7.35. The quantitative estimate of drug-likeness (QED) is 0.605. The number of benzene rings is 2. The fourth-order valence-electron chi connectivity index (χ4n) is 3.41. The summed E-state index contributed by atoms with van der Waals surface area (Å²) in [5, 5.41) is 33.5. The van der Waals surface area contributed by atoms with Gasteiger partial charge in [-0.05, 0) is 54.7 Å². The largest absolute Gasteiger partial charge is 0.494 e. The Kier molecular flexibility index (Phi) is 6.73. The summed E-state index contributed by atoms with van der Waals surface area (Å²) in [6, 6.07) is 13.5. The Labute approximate surface area is 164 Å². The fourth-order valence-corrected chi connectivity index (χ4v) is 3.59. The van der Waals surface area contributed by atoms with Gasteiger partial charge in [0.25, 0.3) is 0 Å². The van der Waals surface area contributed by atoms with Crippen LogP contribution in [0.2, 0.25) is 5.02 Å². The molecule has 0 amide bonds. The summed E-state index contributed by atoms with van der Waals surface area (Å²) in [6.45, 7) is 2.85. The molecule has 1 aliphatic rings. The smallest absolute Gasteiger partial charge is 0.119 e. The normalized spacial score (nSPS) is 25.4. The lowest BCUT2D eigenvalue weighted by atomic mass is 9.90. The molecule has 1 saturated heterocycles. The Morgan fingerprint density at radius 2 is 1.74 bits per heavy atom. The van der Waals surface area contributed by atoms with Crippen molar-refractivity contribution in [3.63, 3.8) is 0 Å². The lowest BCUT2D eigenvalue weighted by Crippen LogP contribution is -2.60. The van der Waals surface area contributed by atoms with Crippen LogP contribution in [0.15, 0.2) is 42.5 Å². The van der Waals surface area contributed by atoms with Gasteiger partial charge in [0.15, 0.2) is 0 Å². The van der Waals surface area contributed by atoms with Gasteiger partial charge in [-0.2, -0.15) is 0 Å². The molecule has 1 heterocycles. The number of hydrogen-bond donors (Lipinski definition) is 4. The van der Waals surface area contributed by atoms with Crippen molar-refractivity contribution in [2.45, 2.75) is 44.1 Å². The number of halogens is 1. The van der Waals surface area contributed by atoms with Crippen molar-refractivity contribution < 1.29 is 20.1 Å². The number of β-amino-alcohol motifs (C(OH)–C–C–N with tert-alkyl or cyclic N) is 1. The Hall–Kier alpha value is -1.63. The van der Waals surface area contributed by atoms with Crippen molar-refractivity contribution in [2.75, 3.05) is 13.2 Å². The molecular weight excluding hydrogens is 366 g/mol. The minimum Gasteiger partial charge on any atom is -0.494 e. The van der Waals surface area contributed by atoms with E-state index < -0.39 is 18.3 Å². The van der Waals surface area contributed by atoms with Gasteiger partial charge in [-0.3, -0.25) is 0 Å². The molecule has 4 N–H and O–H groups in total. The summed E-state index contributed by atoms with van der Waals surface area (Å²) in [4.78, 5) is 0. The van der Waals surface area contributed by atoms with Gasteiger partial charge in [-0.15, -0.1) is 0 Å². The number of ether oxygens (including phenoxy) is 1. The molecule has 0 radical (unpaired) electrons. The SMILES string of the molecule is CCOc1ccc(Cc2cc(C[C@@H]3NC[C@@H](O)[C@H](O)[C@H]3O)ccc2Cl)cc1. The summed E-state index contributed by atoms with van der Waals surface area (Å²) in [5.41, 5.74) is 3.15. The van der Waals surface area contributed by atoms with Crippen molar-refractivity contribution in [3.05, 3.63) is 64.2 Å². The summed E-state index contributed by atoms with van der Waals surface area (Å²) < 4.78 is 5.47. The zero-order chi connectivity index (χ0) is 19.4. The fraction of sp³-hybridized carbons (Fsp3) is 0.429. The van der Waals surface area contributed by atoms with Crippen LogP contribution in [-0.4, -0.2) is 52.8 Å². The molecule has 0 aliphatic carbocycles. The number of aliphatic hydroxyl groups excluding tert-OH is 3. The monoisotopic (exact) mass is 391 g/mol. The molecular formula is C21H26ClNO4. The van der Waals surface area contributed by atoms with Gasteiger partial charge in [0.05, 0.1) is 18.8 Å². The van der Waals surface area contributed by atoms with E-state index in [1.165, 1.54) is 0 Å². The van der Waals surface area contributed by atoms with E-state index in [4.69, 9.17) is 16.3 Å². The molecule has 2 aromatic rings. The van der Waals surface area contributed by atoms with Crippen LogP contribution in [0.1, 0.15) is 23.6 Å². The number of piperidine rings is 1. The molecule has 0 spiro atoms. The summed E-state index contributed by atoms with van der Waals surface area (Å²) in [6.07, 6.45) is -1.86. The van der Waals surface area contributed by atoms with Gasteiger partial charge >= 0.3 is 0 Å². The highest BCUT2D eigenvalue weighted by molar-refractivity contribution is 6.31. The number of nitrogens with one attached hydrogen (secondary N) is 1. The van der Waals surface area contributed by atoms with Crippen molar-refractivity contribution in [1.82, 2.24) is 5.32 Å². The molecule has 2 aromatic carbocycles. The standard InChI is InChI=1S/C21H26ClNO4/c1-2-27-16-6-3-13(4-7-16)9-15-10-14(5-8-17(15)22)11-18-20(25)21(26)19(24)12-23-18/h3-8,10,18-21,23-26H,2,9,11-12H2,1H3/t18-,19+,20-,21-/m0/s1. The Bertz CT molecular complexity index is 752. The first-order valence-electron chi connectivity index (χ1n) is 9.24. The molecule has 1 fully saturated rings. The zero-order valence-electron chi connectivity index (χ0n) is 15.3. The molecule has 0 unspecified atom stereocenters. The predicted octanol–water partition coefficient (Wildman–Crippen LogP) is 1.93. The average Bonchev–Trinajstić information content (AvgIpc) is 2.66. The number of aliphatic hydroxyl groups is 3. The Morgan fingerprint density at radius 3 is 2.44 bits per heavy atom. The second-order valence-electron chi connectivity index (χ2n) is 6.95. The van der Waals surface area contributed by atoms with Crippen LogP contribution in [0, 0.1) is 0 Å². The van der Waals surface area contributed by atoms with E-state index in [-0.39, 0.29) is 12.6 Å². The highest BCUT2D eigenvalue weighted by atomic mass is 35.5. The minimum atomic E-state index is -1.13. The molecule has 0 bridgehead atoms. The zero-order valence-corrected chi connectivity index (χ0v) is 16.1. The van der Waals surface area contributed by atoms with E-state index >= 15 is 0 Å². The van der Waals surface area contributed by atoms with Gasteiger partial charge in [-0.25, -0.2) is 0 Å². The molecule has 27 heavy (non-hydrogen) atoms. The topological polar surface area (TPSA) is 82.0 Å². The minimum absolute atomic E-state index is 0.259. The number of hydrogen-bond acceptors (Lipinski definition) is 5. The van der Waals surface area contributed by atoms with Crippen LogP contribution in [0.25, 0.3) is 0 Å². The average molecular weight is 392 g/mol. The van der Waals surface area contributed by atoms with Gasteiger partial charge in [0.2, 0.25) is 0 Å². The molecule has 4 atom stereocenters. The van der Waals surface area contributed by atoms with Crippen molar-refractivity contribution in [3.8, 4) is 5.75 Å². The third kappa shape index (κ3) is 5.00. The molecule has 5 nitrogen and oxygen atoms in total. The van der Waals surface area contributed by atoms with E-state index in [0.29, 0.717) is 24.5 Å². The summed E-state index contributed by atoms with van der Waals surface area (Å²) in [5.74, 6) is 0.846. The number of rotatable bonds is 6. The predicted molar refractivity (Wildman–Crippen MR) is 105 cm³/mol. The second kappa shape index (κ2) is 9.04. The van der Waals surface area contributed by atoms with Gasteiger partial charge in [-0.1, -0.05) is 35.9 Å². The van der Waals surface area contributed by atoms with Crippen LogP contribution >= 0.6 is 11.6 Å². The molecule has 146 valence electrons. The molecule has 0 saturated carbocycles. The van der Waals surface area contributed by atoms with E-state index in [2.05, 4.69) is 5.32 Å². The van der Waals surface area contributed by atoms with E-state index in [0.717, 1.165) is 22.4 Å². The van der Waals surface area contributed by atoms with E-state index in [1.54, 1.807) is 0 Å². The molecule has 1 aliphatic heterocycles. The molecule has 3 rings (SSSR count). The highest BCUT2D eigenvalue weighted by Crippen LogP contribution is 2.24. The lowest BCUT2D eigenvalue weighted by molar-refractivity contribution is -0.0937. The van der Waals surface area contributed by atoms with Crippen molar-refractivity contribution in [2.24, 2.45) is 0 Å².